The molecule has 1 aromatic carbocycles. The van der Waals surface area contributed by atoms with Crippen molar-refractivity contribution in [1.82, 2.24) is 4.90 Å². The van der Waals surface area contributed by atoms with E-state index in [1.807, 2.05) is 6.07 Å². The standard InChI is InChI=1S/C15H25N3O2S/c1-2-9-18-10-4-6-13(8-11-18)17-14-5-3-7-15(12-14)21(16,19)20/h3,5,7,12-13,17H,2,4,6,8-11H2,1H3,(H2,16,19,20). The molecule has 3 N–H and O–H groups in total. The lowest BCUT2D eigenvalue weighted by Crippen LogP contribution is -2.27. The van der Waals surface area contributed by atoms with Gasteiger partial charge in [-0.25, -0.2) is 13.6 Å². The Labute approximate surface area is 127 Å². The van der Waals surface area contributed by atoms with E-state index in [0.717, 1.165) is 38.2 Å². The summed E-state index contributed by atoms with van der Waals surface area (Å²) < 4.78 is 22.8. The predicted molar refractivity (Wildman–Crippen MR) is 85.8 cm³/mol. The molecule has 2 rings (SSSR count). The summed E-state index contributed by atoms with van der Waals surface area (Å²) in [6.07, 6.45) is 4.56. The minimum atomic E-state index is -3.64. The molecule has 0 spiro atoms. The van der Waals surface area contributed by atoms with Gasteiger partial charge >= 0.3 is 0 Å². The van der Waals surface area contributed by atoms with Crippen LogP contribution < -0.4 is 10.5 Å². The van der Waals surface area contributed by atoms with Gasteiger partial charge in [0.25, 0.3) is 0 Å². The van der Waals surface area contributed by atoms with Gasteiger partial charge in [0, 0.05) is 18.3 Å². The van der Waals surface area contributed by atoms with Crippen molar-refractivity contribution in [2.45, 2.75) is 43.5 Å². The van der Waals surface area contributed by atoms with Crippen molar-refractivity contribution in [3.63, 3.8) is 0 Å². The molecular formula is C15H25N3O2S. The molecule has 0 amide bonds. The molecule has 1 heterocycles. The maximum absolute atomic E-state index is 11.4. The van der Waals surface area contributed by atoms with Gasteiger partial charge in [-0.15, -0.1) is 0 Å². The Morgan fingerprint density at radius 2 is 2.14 bits per heavy atom. The van der Waals surface area contributed by atoms with Crippen LogP contribution in [0.15, 0.2) is 29.2 Å². The zero-order chi connectivity index (χ0) is 15.3. The summed E-state index contributed by atoms with van der Waals surface area (Å²) in [5.74, 6) is 0. The number of hydrogen-bond donors (Lipinski definition) is 2. The molecule has 6 heteroatoms. The number of anilines is 1. The van der Waals surface area contributed by atoms with Crippen LogP contribution in [0.4, 0.5) is 5.69 Å². The highest BCUT2D eigenvalue weighted by Crippen LogP contribution is 2.19. The van der Waals surface area contributed by atoms with Crippen molar-refractivity contribution in [3.05, 3.63) is 24.3 Å². The van der Waals surface area contributed by atoms with E-state index in [-0.39, 0.29) is 4.90 Å². The summed E-state index contributed by atoms with van der Waals surface area (Å²) >= 11 is 0. The molecule has 1 aliphatic rings. The van der Waals surface area contributed by atoms with Crippen molar-refractivity contribution >= 4 is 15.7 Å². The fourth-order valence-electron chi connectivity index (χ4n) is 2.84. The van der Waals surface area contributed by atoms with Crippen molar-refractivity contribution < 1.29 is 8.42 Å². The summed E-state index contributed by atoms with van der Waals surface area (Å²) in [5.41, 5.74) is 0.829. The largest absolute Gasteiger partial charge is 0.382 e. The molecule has 0 radical (unpaired) electrons. The predicted octanol–water partition coefficient (Wildman–Crippen LogP) is 2.01. The first kappa shape index (κ1) is 16.3. The molecule has 1 aromatic rings. The van der Waals surface area contributed by atoms with Gasteiger partial charge in [0.1, 0.15) is 0 Å². The zero-order valence-corrected chi connectivity index (χ0v) is 13.4. The average molecular weight is 311 g/mol. The van der Waals surface area contributed by atoms with Gasteiger partial charge in [0.2, 0.25) is 10.0 Å². The van der Waals surface area contributed by atoms with E-state index < -0.39 is 10.0 Å². The summed E-state index contributed by atoms with van der Waals surface area (Å²) in [4.78, 5) is 2.66. The van der Waals surface area contributed by atoms with Crippen LogP contribution in [-0.2, 0) is 10.0 Å². The van der Waals surface area contributed by atoms with E-state index in [0.29, 0.717) is 6.04 Å². The first-order valence-corrected chi connectivity index (χ1v) is 9.15. The van der Waals surface area contributed by atoms with Gasteiger partial charge in [0.15, 0.2) is 0 Å². The van der Waals surface area contributed by atoms with E-state index in [4.69, 9.17) is 5.14 Å². The minimum absolute atomic E-state index is 0.161. The van der Waals surface area contributed by atoms with Crippen LogP contribution in [0.3, 0.4) is 0 Å². The molecule has 1 aliphatic heterocycles. The van der Waals surface area contributed by atoms with Crippen LogP contribution in [-0.4, -0.2) is 39.0 Å². The number of benzene rings is 1. The number of nitrogens with zero attached hydrogens (tertiary/aromatic N) is 1. The van der Waals surface area contributed by atoms with Crippen molar-refractivity contribution in [3.8, 4) is 0 Å². The molecule has 21 heavy (non-hydrogen) atoms. The van der Waals surface area contributed by atoms with Crippen LogP contribution in [0.1, 0.15) is 32.6 Å². The van der Waals surface area contributed by atoms with Crippen LogP contribution >= 0.6 is 0 Å². The van der Waals surface area contributed by atoms with E-state index in [2.05, 4.69) is 17.1 Å². The lowest BCUT2D eigenvalue weighted by atomic mass is 10.1. The Hall–Kier alpha value is -1.11. The smallest absolute Gasteiger partial charge is 0.238 e. The number of hydrogen-bond acceptors (Lipinski definition) is 4. The highest BCUT2D eigenvalue weighted by molar-refractivity contribution is 7.89. The summed E-state index contributed by atoms with van der Waals surface area (Å²) in [6, 6.07) is 7.15. The second kappa shape index (κ2) is 7.24. The molecule has 1 unspecified atom stereocenters. The van der Waals surface area contributed by atoms with Crippen LogP contribution in [0.25, 0.3) is 0 Å². The lowest BCUT2D eigenvalue weighted by molar-refractivity contribution is 0.285. The molecule has 1 saturated heterocycles. The minimum Gasteiger partial charge on any atom is -0.382 e. The number of sulfonamides is 1. The zero-order valence-electron chi connectivity index (χ0n) is 12.6. The van der Waals surface area contributed by atoms with Crippen molar-refractivity contribution in [2.75, 3.05) is 25.0 Å². The number of nitrogens with one attached hydrogen (secondary N) is 1. The van der Waals surface area contributed by atoms with E-state index in [1.54, 1.807) is 12.1 Å². The Morgan fingerprint density at radius 1 is 1.33 bits per heavy atom. The summed E-state index contributed by atoms with van der Waals surface area (Å²) in [5, 5.41) is 8.62. The molecule has 0 bridgehead atoms. The number of primary sulfonamides is 1. The third-order valence-electron chi connectivity index (χ3n) is 3.89. The molecule has 5 nitrogen and oxygen atoms in total. The quantitative estimate of drug-likeness (QED) is 0.872. The molecular weight excluding hydrogens is 286 g/mol. The fraction of sp³-hybridized carbons (Fsp3) is 0.600. The Morgan fingerprint density at radius 3 is 2.86 bits per heavy atom. The number of likely N-dealkylation sites (tertiary alicyclic amines) is 1. The third kappa shape index (κ3) is 4.98. The fourth-order valence-corrected chi connectivity index (χ4v) is 3.40. The van der Waals surface area contributed by atoms with Crippen LogP contribution in [0.5, 0.6) is 0 Å². The number of rotatable bonds is 5. The molecule has 0 aliphatic carbocycles. The maximum atomic E-state index is 11.4. The van der Waals surface area contributed by atoms with Gasteiger partial charge in [-0.2, -0.15) is 0 Å². The number of nitrogens with two attached hydrogens (primary N) is 1. The van der Waals surface area contributed by atoms with E-state index in [1.165, 1.54) is 18.9 Å². The van der Waals surface area contributed by atoms with Gasteiger partial charge in [-0.05, 0) is 57.0 Å². The monoisotopic (exact) mass is 311 g/mol. The Balaban J connectivity index is 1.99. The van der Waals surface area contributed by atoms with Gasteiger partial charge < -0.3 is 10.2 Å². The van der Waals surface area contributed by atoms with Gasteiger partial charge in [0.05, 0.1) is 4.90 Å². The van der Waals surface area contributed by atoms with Crippen molar-refractivity contribution in [2.24, 2.45) is 5.14 Å². The topological polar surface area (TPSA) is 75.4 Å². The maximum Gasteiger partial charge on any atom is 0.238 e. The average Bonchev–Trinajstić information content (AvgIpc) is 2.64. The van der Waals surface area contributed by atoms with E-state index in [9.17, 15) is 8.42 Å². The Kier molecular flexibility index (Phi) is 5.61. The normalized spacial score (nSPS) is 21.0. The summed E-state index contributed by atoms with van der Waals surface area (Å²) in [7, 11) is -3.64. The second-order valence-corrected chi connectivity index (χ2v) is 7.25. The summed E-state index contributed by atoms with van der Waals surface area (Å²) in [6.45, 7) is 5.62. The third-order valence-corrected chi connectivity index (χ3v) is 4.80. The highest BCUT2D eigenvalue weighted by Gasteiger charge is 2.17. The molecule has 0 aromatic heterocycles. The molecule has 1 fully saturated rings. The van der Waals surface area contributed by atoms with Crippen LogP contribution in [0, 0.1) is 0 Å². The SMILES string of the molecule is CCCN1CCCC(Nc2cccc(S(N)(=O)=O)c2)CC1. The van der Waals surface area contributed by atoms with Crippen LogP contribution in [0.2, 0.25) is 0 Å². The van der Waals surface area contributed by atoms with E-state index >= 15 is 0 Å². The highest BCUT2D eigenvalue weighted by atomic mass is 32.2. The van der Waals surface area contributed by atoms with Gasteiger partial charge in [-0.3, -0.25) is 0 Å². The van der Waals surface area contributed by atoms with Crippen molar-refractivity contribution in [1.29, 1.82) is 0 Å². The molecule has 1 atom stereocenters. The Bertz CT molecular complexity index is 560. The first-order chi connectivity index (χ1) is 9.99. The first-order valence-electron chi connectivity index (χ1n) is 7.61. The lowest BCUT2D eigenvalue weighted by Gasteiger charge is -2.20. The van der Waals surface area contributed by atoms with Gasteiger partial charge in [-0.1, -0.05) is 13.0 Å². The molecule has 118 valence electrons. The second-order valence-electron chi connectivity index (χ2n) is 5.69. The molecule has 0 saturated carbocycles.